The SMILES string of the molecule is CN(Cc1noc2c1CCCC2)C(=O)NC1CC(=O)Nc2ccccc21. The Kier molecular flexibility index (Phi) is 4.36. The van der Waals surface area contributed by atoms with Crippen LogP contribution in [0.25, 0.3) is 0 Å². The van der Waals surface area contributed by atoms with Crippen LogP contribution in [0.3, 0.4) is 0 Å². The molecule has 1 aromatic carbocycles. The molecule has 0 saturated heterocycles. The van der Waals surface area contributed by atoms with Crippen LogP contribution in [-0.2, 0) is 24.2 Å². The Balaban J connectivity index is 1.45. The van der Waals surface area contributed by atoms with Crippen LogP contribution < -0.4 is 10.6 Å². The summed E-state index contributed by atoms with van der Waals surface area (Å²) < 4.78 is 5.42. The molecule has 0 saturated carbocycles. The van der Waals surface area contributed by atoms with E-state index in [9.17, 15) is 9.59 Å². The first kappa shape index (κ1) is 16.6. The first-order valence-corrected chi connectivity index (χ1v) is 8.98. The monoisotopic (exact) mass is 354 g/mol. The largest absolute Gasteiger partial charge is 0.361 e. The van der Waals surface area contributed by atoms with Crippen molar-refractivity contribution < 1.29 is 14.1 Å². The Morgan fingerprint density at radius 3 is 3.04 bits per heavy atom. The van der Waals surface area contributed by atoms with Gasteiger partial charge in [-0.1, -0.05) is 23.4 Å². The van der Waals surface area contributed by atoms with Gasteiger partial charge in [0.1, 0.15) is 11.5 Å². The molecule has 0 spiro atoms. The summed E-state index contributed by atoms with van der Waals surface area (Å²) in [6.07, 6.45) is 4.37. The summed E-state index contributed by atoms with van der Waals surface area (Å²) in [4.78, 5) is 26.1. The van der Waals surface area contributed by atoms with E-state index in [1.165, 1.54) is 0 Å². The lowest BCUT2D eigenvalue weighted by atomic mass is 9.96. The van der Waals surface area contributed by atoms with Crippen molar-refractivity contribution in [1.29, 1.82) is 0 Å². The standard InChI is InChI=1S/C19H22N4O3/c1-23(11-16-13-7-3-5-9-17(13)26-22-16)19(25)21-15-10-18(24)20-14-8-4-2-6-12(14)15/h2,4,6,8,15H,3,5,7,9-11H2,1H3,(H,20,24)(H,21,25). The number of carbonyl (C=O) groups excluding carboxylic acids is 2. The predicted molar refractivity (Wildman–Crippen MR) is 95.6 cm³/mol. The van der Waals surface area contributed by atoms with Gasteiger partial charge in [-0.25, -0.2) is 4.79 Å². The van der Waals surface area contributed by atoms with Crippen LogP contribution in [0.5, 0.6) is 0 Å². The zero-order valence-electron chi connectivity index (χ0n) is 14.7. The average molecular weight is 354 g/mol. The van der Waals surface area contributed by atoms with Crippen molar-refractivity contribution in [3.8, 4) is 0 Å². The molecule has 2 heterocycles. The van der Waals surface area contributed by atoms with E-state index in [4.69, 9.17) is 4.52 Å². The van der Waals surface area contributed by atoms with Gasteiger partial charge in [0.15, 0.2) is 0 Å². The van der Waals surface area contributed by atoms with Crippen LogP contribution in [-0.4, -0.2) is 29.0 Å². The second-order valence-corrected chi connectivity index (χ2v) is 6.94. The number of para-hydroxylation sites is 1. The molecule has 26 heavy (non-hydrogen) atoms. The lowest BCUT2D eigenvalue weighted by Crippen LogP contribution is -2.41. The van der Waals surface area contributed by atoms with Gasteiger partial charge in [-0.2, -0.15) is 0 Å². The van der Waals surface area contributed by atoms with Crippen LogP contribution in [0.2, 0.25) is 0 Å². The fraction of sp³-hybridized carbons (Fsp3) is 0.421. The molecule has 1 atom stereocenters. The van der Waals surface area contributed by atoms with Gasteiger partial charge in [0.05, 0.1) is 19.0 Å². The Morgan fingerprint density at radius 1 is 1.35 bits per heavy atom. The van der Waals surface area contributed by atoms with Crippen LogP contribution in [0.15, 0.2) is 28.8 Å². The Labute approximate surface area is 151 Å². The smallest absolute Gasteiger partial charge is 0.317 e. The van der Waals surface area contributed by atoms with Crippen LogP contribution in [0.4, 0.5) is 10.5 Å². The van der Waals surface area contributed by atoms with Gasteiger partial charge in [0, 0.05) is 24.7 Å². The second kappa shape index (κ2) is 6.82. The van der Waals surface area contributed by atoms with Gasteiger partial charge in [-0.05, 0) is 30.9 Å². The number of urea groups is 1. The van der Waals surface area contributed by atoms with Crippen LogP contribution >= 0.6 is 0 Å². The molecule has 0 fully saturated rings. The molecule has 7 nitrogen and oxygen atoms in total. The van der Waals surface area contributed by atoms with Crippen molar-refractivity contribution in [2.45, 2.75) is 44.7 Å². The number of nitrogens with one attached hydrogen (secondary N) is 2. The van der Waals surface area contributed by atoms with Gasteiger partial charge >= 0.3 is 6.03 Å². The average Bonchev–Trinajstić information content (AvgIpc) is 3.04. The number of anilines is 1. The summed E-state index contributed by atoms with van der Waals surface area (Å²) in [5, 5.41) is 9.96. The molecular formula is C19H22N4O3. The quantitative estimate of drug-likeness (QED) is 0.887. The highest BCUT2D eigenvalue weighted by atomic mass is 16.5. The Hall–Kier alpha value is -2.83. The Bertz CT molecular complexity index is 845. The predicted octanol–water partition coefficient (Wildman–Crippen LogP) is 2.78. The minimum absolute atomic E-state index is 0.0952. The highest BCUT2D eigenvalue weighted by molar-refractivity contribution is 5.95. The van der Waals surface area contributed by atoms with Gasteiger partial charge in [0.2, 0.25) is 5.91 Å². The van der Waals surface area contributed by atoms with Crippen molar-refractivity contribution in [3.05, 3.63) is 46.8 Å². The first-order valence-electron chi connectivity index (χ1n) is 8.98. The maximum Gasteiger partial charge on any atom is 0.317 e. The van der Waals surface area contributed by atoms with Gasteiger partial charge in [0.25, 0.3) is 0 Å². The van der Waals surface area contributed by atoms with Gasteiger partial charge in [-0.15, -0.1) is 0 Å². The summed E-state index contributed by atoms with van der Waals surface area (Å²) in [7, 11) is 1.73. The van der Waals surface area contributed by atoms with Crippen molar-refractivity contribution in [1.82, 2.24) is 15.4 Å². The molecule has 0 bridgehead atoms. The number of hydrogen-bond donors (Lipinski definition) is 2. The summed E-state index contributed by atoms with van der Waals surface area (Å²) in [6, 6.07) is 6.97. The first-order chi connectivity index (χ1) is 12.6. The number of rotatable bonds is 3. The minimum atomic E-state index is -0.332. The summed E-state index contributed by atoms with van der Waals surface area (Å²) >= 11 is 0. The van der Waals surface area contributed by atoms with Crippen molar-refractivity contribution >= 4 is 17.6 Å². The molecule has 2 N–H and O–H groups in total. The molecule has 1 aromatic heterocycles. The second-order valence-electron chi connectivity index (χ2n) is 6.94. The van der Waals surface area contributed by atoms with Crippen molar-refractivity contribution in [3.63, 3.8) is 0 Å². The fourth-order valence-corrected chi connectivity index (χ4v) is 3.67. The van der Waals surface area contributed by atoms with Crippen molar-refractivity contribution in [2.24, 2.45) is 0 Å². The van der Waals surface area contributed by atoms with E-state index >= 15 is 0 Å². The third-order valence-electron chi connectivity index (χ3n) is 5.06. The summed E-state index contributed by atoms with van der Waals surface area (Å²) in [5.74, 6) is 0.861. The number of nitrogens with zero attached hydrogens (tertiary/aromatic N) is 2. The molecule has 2 aliphatic rings. The number of aromatic nitrogens is 1. The molecule has 1 unspecified atom stereocenters. The van der Waals surface area contributed by atoms with E-state index < -0.39 is 0 Å². The van der Waals surface area contributed by atoms with E-state index in [1.54, 1.807) is 11.9 Å². The number of carbonyl (C=O) groups is 2. The topological polar surface area (TPSA) is 87.5 Å². The Morgan fingerprint density at radius 2 is 2.15 bits per heavy atom. The highest BCUT2D eigenvalue weighted by Crippen LogP contribution is 2.30. The van der Waals surface area contributed by atoms with E-state index in [2.05, 4.69) is 15.8 Å². The lowest BCUT2D eigenvalue weighted by molar-refractivity contribution is -0.116. The molecule has 0 radical (unpaired) electrons. The van der Waals surface area contributed by atoms with E-state index in [0.29, 0.717) is 6.54 Å². The molecule has 7 heteroatoms. The molecule has 136 valence electrons. The third kappa shape index (κ3) is 3.16. The molecular weight excluding hydrogens is 332 g/mol. The number of hydrogen-bond acceptors (Lipinski definition) is 4. The molecule has 4 rings (SSSR count). The summed E-state index contributed by atoms with van der Waals surface area (Å²) in [5.41, 5.74) is 3.66. The van der Waals surface area contributed by atoms with Crippen LogP contribution in [0, 0.1) is 0 Å². The lowest BCUT2D eigenvalue weighted by Gasteiger charge is -2.28. The molecule has 1 aliphatic heterocycles. The fourth-order valence-electron chi connectivity index (χ4n) is 3.67. The van der Waals surface area contributed by atoms with Gasteiger partial charge < -0.3 is 20.1 Å². The van der Waals surface area contributed by atoms with Crippen molar-refractivity contribution in [2.75, 3.05) is 12.4 Å². The zero-order chi connectivity index (χ0) is 18.1. The highest BCUT2D eigenvalue weighted by Gasteiger charge is 2.28. The van der Waals surface area contributed by atoms with E-state index in [0.717, 1.165) is 54.0 Å². The molecule has 3 amide bonds. The molecule has 2 aromatic rings. The summed E-state index contributed by atoms with van der Waals surface area (Å²) in [6.45, 7) is 0.394. The zero-order valence-corrected chi connectivity index (χ0v) is 14.7. The maximum absolute atomic E-state index is 12.6. The maximum atomic E-state index is 12.6. The van der Waals surface area contributed by atoms with E-state index in [-0.39, 0.29) is 24.4 Å². The van der Waals surface area contributed by atoms with Gasteiger partial charge in [-0.3, -0.25) is 4.79 Å². The van der Waals surface area contributed by atoms with E-state index in [1.807, 2.05) is 24.3 Å². The normalized spacial score (nSPS) is 18.5. The number of benzene rings is 1. The van der Waals surface area contributed by atoms with Crippen LogP contribution in [0.1, 0.15) is 47.9 Å². The number of amides is 3. The number of aryl methyl sites for hydroxylation is 1. The third-order valence-corrected chi connectivity index (χ3v) is 5.06. The number of fused-ring (bicyclic) bond motifs is 2. The minimum Gasteiger partial charge on any atom is -0.361 e. The molecule has 1 aliphatic carbocycles.